The molecule has 0 amide bonds. The Bertz CT molecular complexity index is 539. The Hall–Kier alpha value is -2.04. The van der Waals surface area contributed by atoms with E-state index in [1.54, 1.807) is 13.8 Å². The fourth-order valence-corrected chi connectivity index (χ4v) is 1.47. The van der Waals surface area contributed by atoms with Crippen LogP contribution in [0, 0.1) is 25.5 Å². The molecule has 5 heteroatoms. The van der Waals surface area contributed by atoms with E-state index in [1.165, 1.54) is 6.07 Å². The van der Waals surface area contributed by atoms with E-state index in [1.807, 2.05) is 0 Å². The maximum Gasteiger partial charge on any atom is 0.167 e. The molecule has 1 heterocycles. The lowest BCUT2D eigenvalue weighted by molar-refractivity contribution is 0.587. The van der Waals surface area contributed by atoms with Gasteiger partial charge in [0.15, 0.2) is 5.82 Å². The van der Waals surface area contributed by atoms with Gasteiger partial charge >= 0.3 is 0 Å². The van der Waals surface area contributed by atoms with E-state index in [4.69, 9.17) is 5.73 Å². The molecule has 0 saturated carbocycles. The normalized spacial score (nSPS) is 10.6. The maximum atomic E-state index is 13.5. The van der Waals surface area contributed by atoms with Gasteiger partial charge < -0.3 is 5.73 Å². The number of nitrogen functional groups attached to an aromatic ring is 1. The molecule has 3 nitrogen and oxygen atoms in total. The van der Waals surface area contributed by atoms with E-state index in [0.717, 1.165) is 12.1 Å². The van der Waals surface area contributed by atoms with Crippen molar-refractivity contribution in [1.29, 1.82) is 0 Å². The number of halogens is 2. The molecule has 0 unspecified atom stereocenters. The monoisotopic (exact) mass is 235 g/mol. The first-order chi connectivity index (χ1) is 8.00. The van der Waals surface area contributed by atoms with Crippen LogP contribution in [0.4, 0.5) is 14.6 Å². The average Bonchev–Trinajstić information content (AvgIpc) is 2.25. The zero-order chi connectivity index (χ0) is 12.6. The van der Waals surface area contributed by atoms with Gasteiger partial charge in [0, 0.05) is 11.3 Å². The van der Waals surface area contributed by atoms with Crippen molar-refractivity contribution in [2.45, 2.75) is 13.8 Å². The third kappa shape index (κ3) is 1.95. The number of anilines is 1. The number of aryl methyl sites for hydroxylation is 1. The molecule has 2 aromatic rings. The maximum absolute atomic E-state index is 13.5. The van der Waals surface area contributed by atoms with Crippen LogP contribution in [-0.4, -0.2) is 9.97 Å². The van der Waals surface area contributed by atoms with Gasteiger partial charge in [-0.1, -0.05) is 6.07 Å². The molecule has 17 heavy (non-hydrogen) atoms. The summed E-state index contributed by atoms with van der Waals surface area (Å²) in [7, 11) is 0. The molecule has 0 spiro atoms. The van der Waals surface area contributed by atoms with Crippen molar-refractivity contribution in [1.82, 2.24) is 9.97 Å². The molecule has 1 aromatic carbocycles. The van der Waals surface area contributed by atoms with Gasteiger partial charge in [0.05, 0.1) is 5.56 Å². The first-order valence-electron chi connectivity index (χ1n) is 5.06. The highest BCUT2D eigenvalue weighted by atomic mass is 19.1. The molecule has 0 fully saturated rings. The van der Waals surface area contributed by atoms with Crippen molar-refractivity contribution in [3.63, 3.8) is 0 Å². The van der Waals surface area contributed by atoms with Crippen molar-refractivity contribution in [3.8, 4) is 11.4 Å². The number of nitrogens with two attached hydrogens (primary N) is 1. The Morgan fingerprint density at radius 3 is 2.18 bits per heavy atom. The summed E-state index contributed by atoms with van der Waals surface area (Å²) in [6, 6.07) is 3.61. The molecule has 0 aliphatic rings. The number of rotatable bonds is 1. The summed E-state index contributed by atoms with van der Waals surface area (Å²) < 4.78 is 27.1. The molecule has 0 radical (unpaired) electrons. The van der Waals surface area contributed by atoms with Crippen LogP contribution in [0.2, 0.25) is 0 Å². The predicted molar refractivity (Wildman–Crippen MR) is 61.3 cm³/mol. The van der Waals surface area contributed by atoms with Crippen LogP contribution in [0.3, 0.4) is 0 Å². The van der Waals surface area contributed by atoms with E-state index in [9.17, 15) is 8.78 Å². The summed E-state index contributed by atoms with van der Waals surface area (Å²) >= 11 is 0. The molecular formula is C12H11F2N3. The van der Waals surface area contributed by atoms with Crippen LogP contribution in [-0.2, 0) is 0 Å². The Labute approximate surface area is 97.3 Å². The fraction of sp³-hybridized carbons (Fsp3) is 0.167. The van der Waals surface area contributed by atoms with Crippen LogP contribution in [0.1, 0.15) is 11.3 Å². The number of hydrogen-bond acceptors (Lipinski definition) is 3. The first kappa shape index (κ1) is 11.4. The summed E-state index contributed by atoms with van der Waals surface area (Å²) in [5.41, 5.74) is 6.74. The average molecular weight is 235 g/mol. The zero-order valence-corrected chi connectivity index (χ0v) is 9.46. The van der Waals surface area contributed by atoms with E-state index in [-0.39, 0.29) is 17.2 Å². The molecule has 0 atom stereocenters. The largest absolute Gasteiger partial charge is 0.383 e. The minimum atomic E-state index is -0.701. The van der Waals surface area contributed by atoms with E-state index >= 15 is 0 Å². The molecule has 0 saturated heterocycles. The lowest BCUT2D eigenvalue weighted by Gasteiger charge is -2.08. The molecule has 88 valence electrons. The summed E-state index contributed by atoms with van der Waals surface area (Å²) in [6.45, 7) is 3.47. The van der Waals surface area contributed by atoms with E-state index in [2.05, 4.69) is 9.97 Å². The summed E-state index contributed by atoms with van der Waals surface area (Å²) in [5, 5.41) is 0. The van der Waals surface area contributed by atoms with Crippen LogP contribution >= 0.6 is 0 Å². The third-order valence-electron chi connectivity index (χ3n) is 2.61. The number of nitrogens with zero attached hydrogens (tertiary/aromatic N) is 2. The van der Waals surface area contributed by atoms with Crippen molar-refractivity contribution in [2.75, 3.05) is 5.73 Å². The van der Waals surface area contributed by atoms with Crippen LogP contribution < -0.4 is 5.73 Å². The SMILES string of the molecule is Cc1nc(-c2c(F)cccc2F)nc(N)c1C. The number of benzene rings is 1. The van der Waals surface area contributed by atoms with Gasteiger partial charge in [0.25, 0.3) is 0 Å². The van der Waals surface area contributed by atoms with Crippen molar-refractivity contribution >= 4 is 5.82 Å². The number of hydrogen-bond donors (Lipinski definition) is 1. The van der Waals surface area contributed by atoms with Gasteiger partial charge in [-0.25, -0.2) is 18.7 Å². The standard InChI is InChI=1S/C12H11F2N3/c1-6-7(2)16-12(17-11(6)15)10-8(13)4-3-5-9(10)14/h3-5H,1-2H3,(H2,15,16,17). The van der Waals surface area contributed by atoms with E-state index in [0.29, 0.717) is 11.3 Å². The summed E-state index contributed by atoms with van der Waals surface area (Å²) in [6.07, 6.45) is 0. The van der Waals surface area contributed by atoms with Crippen LogP contribution in [0.25, 0.3) is 11.4 Å². The molecule has 0 aliphatic heterocycles. The Kier molecular flexibility index (Phi) is 2.75. The second-order valence-corrected chi connectivity index (χ2v) is 3.74. The van der Waals surface area contributed by atoms with Gasteiger partial charge in [0.1, 0.15) is 17.5 Å². The first-order valence-corrected chi connectivity index (χ1v) is 5.06. The Balaban J connectivity index is 2.69. The highest BCUT2D eigenvalue weighted by molar-refractivity contribution is 5.60. The second-order valence-electron chi connectivity index (χ2n) is 3.74. The number of aromatic nitrogens is 2. The smallest absolute Gasteiger partial charge is 0.167 e. The van der Waals surface area contributed by atoms with Crippen LogP contribution in [0.15, 0.2) is 18.2 Å². The molecule has 2 N–H and O–H groups in total. The minimum Gasteiger partial charge on any atom is -0.383 e. The van der Waals surface area contributed by atoms with Gasteiger partial charge in [-0.2, -0.15) is 0 Å². The lowest BCUT2D eigenvalue weighted by Crippen LogP contribution is -2.04. The van der Waals surface area contributed by atoms with Gasteiger partial charge in [-0.05, 0) is 26.0 Å². The Morgan fingerprint density at radius 1 is 1.06 bits per heavy atom. The third-order valence-corrected chi connectivity index (χ3v) is 2.61. The Morgan fingerprint density at radius 2 is 1.65 bits per heavy atom. The molecule has 1 aromatic heterocycles. The highest BCUT2D eigenvalue weighted by Gasteiger charge is 2.15. The van der Waals surface area contributed by atoms with Crippen molar-refractivity contribution < 1.29 is 8.78 Å². The summed E-state index contributed by atoms with van der Waals surface area (Å²) in [4.78, 5) is 7.97. The molecule has 0 aliphatic carbocycles. The van der Waals surface area contributed by atoms with Crippen molar-refractivity contribution in [3.05, 3.63) is 41.1 Å². The fourth-order valence-electron chi connectivity index (χ4n) is 1.47. The van der Waals surface area contributed by atoms with Gasteiger partial charge in [-0.3, -0.25) is 0 Å². The second kappa shape index (κ2) is 4.08. The van der Waals surface area contributed by atoms with Crippen LogP contribution in [0.5, 0.6) is 0 Å². The van der Waals surface area contributed by atoms with Crippen molar-refractivity contribution in [2.24, 2.45) is 0 Å². The molecule has 2 rings (SSSR count). The lowest BCUT2D eigenvalue weighted by atomic mass is 10.1. The summed E-state index contributed by atoms with van der Waals surface area (Å²) in [5.74, 6) is -1.20. The highest BCUT2D eigenvalue weighted by Crippen LogP contribution is 2.24. The molecule has 0 bridgehead atoms. The predicted octanol–water partition coefficient (Wildman–Crippen LogP) is 2.62. The van der Waals surface area contributed by atoms with Gasteiger partial charge in [-0.15, -0.1) is 0 Å². The molecular weight excluding hydrogens is 224 g/mol. The topological polar surface area (TPSA) is 51.8 Å². The van der Waals surface area contributed by atoms with Gasteiger partial charge in [0.2, 0.25) is 0 Å². The van der Waals surface area contributed by atoms with E-state index < -0.39 is 11.6 Å². The zero-order valence-electron chi connectivity index (χ0n) is 9.46. The minimum absolute atomic E-state index is 0.0267. The quantitative estimate of drug-likeness (QED) is 0.826.